The zero-order valence-corrected chi connectivity index (χ0v) is 9.80. The average Bonchev–Trinajstić information content (AvgIpc) is 2.80. The predicted molar refractivity (Wildman–Crippen MR) is 66.6 cm³/mol. The van der Waals surface area contributed by atoms with Gasteiger partial charge in [0.05, 0.1) is 6.54 Å². The first-order valence-electron chi connectivity index (χ1n) is 5.91. The van der Waals surface area contributed by atoms with E-state index in [2.05, 4.69) is 9.98 Å². The maximum absolute atomic E-state index is 5.80. The van der Waals surface area contributed by atoms with Gasteiger partial charge < -0.3 is 16.2 Å². The number of nitrogens with zero attached hydrogens (tertiary/aromatic N) is 2. The number of ether oxygens (including phenoxy) is 1. The molecule has 0 saturated heterocycles. The normalized spacial score (nSPS) is 15.8. The lowest BCUT2D eigenvalue weighted by atomic mass is 10.2. The van der Waals surface area contributed by atoms with E-state index in [0.717, 1.165) is 18.4 Å². The van der Waals surface area contributed by atoms with E-state index in [4.69, 9.17) is 16.2 Å². The standard InChI is InChI=1S/C12H18N4O/c13-12(14)16-8-9-5-6-15-11(7-9)17-10-3-1-2-4-10/h5-7,10H,1-4,8H2,(H4,13,14,16). The quantitative estimate of drug-likeness (QED) is 0.605. The van der Waals surface area contributed by atoms with Gasteiger partial charge in [-0.05, 0) is 37.3 Å². The molecule has 1 aliphatic rings. The minimum absolute atomic E-state index is 0.0973. The Morgan fingerprint density at radius 3 is 2.88 bits per heavy atom. The molecule has 0 bridgehead atoms. The highest BCUT2D eigenvalue weighted by molar-refractivity contribution is 5.75. The zero-order valence-electron chi connectivity index (χ0n) is 9.80. The average molecular weight is 234 g/mol. The van der Waals surface area contributed by atoms with Crippen molar-refractivity contribution in [3.63, 3.8) is 0 Å². The number of pyridine rings is 1. The highest BCUT2D eigenvalue weighted by atomic mass is 16.5. The van der Waals surface area contributed by atoms with Crippen molar-refractivity contribution in [3.8, 4) is 5.88 Å². The van der Waals surface area contributed by atoms with E-state index in [-0.39, 0.29) is 5.96 Å². The lowest BCUT2D eigenvalue weighted by Gasteiger charge is -2.12. The first-order valence-corrected chi connectivity index (χ1v) is 5.91. The van der Waals surface area contributed by atoms with Gasteiger partial charge in [-0.2, -0.15) is 0 Å². The molecule has 1 aromatic heterocycles. The second-order valence-corrected chi connectivity index (χ2v) is 4.27. The predicted octanol–water partition coefficient (Wildman–Crippen LogP) is 1.18. The summed E-state index contributed by atoms with van der Waals surface area (Å²) in [6.07, 6.45) is 6.79. The van der Waals surface area contributed by atoms with Crippen molar-refractivity contribution in [2.45, 2.75) is 38.3 Å². The second-order valence-electron chi connectivity index (χ2n) is 4.27. The Morgan fingerprint density at radius 1 is 1.41 bits per heavy atom. The Balaban J connectivity index is 1.98. The largest absolute Gasteiger partial charge is 0.474 e. The molecule has 0 amide bonds. The van der Waals surface area contributed by atoms with Crippen LogP contribution in [0.1, 0.15) is 31.2 Å². The van der Waals surface area contributed by atoms with Crippen molar-refractivity contribution in [2.24, 2.45) is 16.5 Å². The Hall–Kier alpha value is -1.78. The fourth-order valence-corrected chi connectivity index (χ4v) is 1.97. The number of aliphatic imine (C=N–C) groups is 1. The van der Waals surface area contributed by atoms with Gasteiger partial charge in [-0.3, -0.25) is 0 Å². The van der Waals surface area contributed by atoms with E-state index in [9.17, 15) is 0 Å². The number of hydrogen-bond donors (Lipinski definition) is 2. The van der Waals surface area contributed by atoms with Gasteiger partial charge in [0.15, 0.2) is 5.96 Å². The fourth-order valence-electron chi connectivity index (χ4n) is 1.97. The topological polar surface area (TPSA) is 86.5 Å². The molecule has 92 valence electrons. The van der Waals surface area contributed by atoms with Gasteiger partial charge in [0, 0.05) is 12.3 Å². The lowest BCUT2D eigenvalue weighted by Crippen LogP contribution is -2.22. The van der Waals surface area contributed by atoms with E-state index in [0.29, 0.717) is 18.5 Å². The molecular formula is C12H18N4O. The van der Waals surface area contributed by atoms with Crippen LogP contribution in [0.25, 0.3) is 0 Å². The summed E-state index contributed by atoms with van der Waals surface area (Å²) >= 11 is 0. The van der Waals surface area contributed by atoms with E-state index in [1.165, 1.54) is 12.8 Å². The van der Waals surface area contributed by atoms with Crippen LogP contribution in [-0.4, -0.2) is 17.0 Å². The molecule has 0 spiro atoms. The summed E-state index contributed by atoms with van der Waals surface area (Å²) in [5.41, 5.74) is 11.6. The van der Waals surface area contributed by atoms with Crippen LogP contribution in [0.2, 0.25) is 0 Å². The van der Waals surface area contributed by atoms with E-state index in [1.807, 2.05) is 12.1 Å². The number of aromatic nitrogens is 1. The van der Waals surface area contributed by atoms with Crippen molar-refractivity contribution < 1.29 is 4.74 Å². The molecule has 1 fully saturated rings. The fraction of sp³-hybridized carbons (Fsp3) is 0.500. The van der Waals surface area contributed by atoms with Crippen LogP contribution in [0.15, 0.2) is 23.3 Å². The summed E-state index contributed by atoms with van der Waals surface area (Å²) in [6.45, 7) is 0.464. The van der Waals surface area contributed by atoms with Crippen LogP contribution in [-0.2, 0) is 6.54 Å². The van der Waals surface area contributed by atoms with E-state index >= 15 is 0 Å². The van der Waals surface area contributed by atoms with Crippen LogP contribution in [0, 0.1) is 0 Å². The summed E-state index contributed by atoms with van der Waals surface area (Å²) in [5.74, 6) is 0.764. The second kappa shape index (κ2) is 5.52. The van der Waals surface area contributed by atoms with E-state index in [1.54, 1.807) is 6.20 Å². The van der Waals surface area contributed by atoms with Gasteiger partial charge in [-0.15, -0.1) is 0 Å². The number of nitrogens with two attached hydrogens (primary N) is 2. The summed E-state index contributed by atoms with van der Waals surface area (Å²) in [7, 11) is 0. The van der Waals surface area contributed by atoms with Crippen molar-refractivity contribution in [1.82, 2.24) is 4.98 Å². The van der Waals surface area contributed by atoms with E-state index < -0.39 is 0 Å². The molecule has 17 heavy (non-hydrogen) atoms. The smallest absolute Gasteiger partial charge is 0.213 e. The minimum Gasteiger partial charge on any atom is -0.474 e. The molecule has 1 aliphatic carbocycles. The van der Waals surface area contributed by atoms with Crippen molar-refractivity contribution in [1.29, 1.82) is 0 Å². The molecule has 1 aromatic rings. The van der Waals surface area contributed by atoms with Gasteiger partial charge >= 0.3 is 0 Å². The number of rotatable bonds is 4. The molecule has 1 heterocycles. The Kier molecular flexibility index (Phi) is 3.80. The van der Waals surface area contributed by atoms with Crippen molar-refractivity contribution in [3.05, 3.63) is 23.9 Å². The maximum Gasteiger partial charge on any atom is 0.213 e. The molecule has 1 saturated carbocycles. The summed E-state index contributed by atoms with van der Waals surface area (Å²) in [4.78, 5) is 8.15. The highest BCUT2D eigenvalue weighted by Crippen LogP contribution is 2.23. The van der Waals surface area contributed by atoms with Crippen LogP contribution in [0.4, 0.5) is 0 Å². The first kappa shape index (κ1) is 11.7. The maximum atomic E-state index is 5.80. The number of hydrogen-bond acceptors (Lipinski definition) is 3. The molecule has 0 aliphatic heterocycles. The molecule has 0 radical (unpaired) electrons. The summed E-state index contributed by atoms with van der Waals surface area (Å²) in [6, 6.07) is 3.78. The highest BCUT2D eigenvalue weighted by Gasteiger charge is 2.16. The van der Waals surface area contributed by atoms with Crippen LogP contribution < -0.4 is 16.2 Å². The molecule has 0 unspecified atom stereocenters. The third-order valence-electron chi connectivity index (χ3n) is 2.83. The minimum atomic E-state index is 0.0973. The molecular weight excluding hydrogens is 216 g/mol. The molecule has 5 nitrogen and oxygen atoms in total. The van der Waals surface area contributed by atoms with Gasteiger partial charge in [0.25, 0.3) is 0 Å². The summed E-state index contributed by atoms with van der Waals surface area (Å²) < 4.78 is 5.80. The lowest BCUT2D eigenvalue weighted by molar-refractivity contribution is 0.201. The monoisotopic (exact) mass is 234 g/mol. The van der Waals surface area contributed by atoms with Crippen LogP contribution in [0.3, 0.4) is 0 Å². The third kappa shape index (κ3) is 3.62. The molecule has 2 rings (SSSR count). The zero-order chi connectivity index (χ0) is 12.1. The van der Waals surface area contributed by atoms with Crippen LogP contribution >= 0.6 is 0 Å². The summed E-state index contributed by atoms with van der Waals surface area (Å²) in [5, 5.41) is 0. The molecule has 0 aromatic carbocycles. The molecule has 4 N–H and O–H groups in total. The number of guanidine groups is 1. The van der Waals surface area contributed by atoms with Gasteiger partial charge in [-0.1, -0.05) is 0 Å². The molecule has 5 heteroatoms. The van der Waals surface area contributed by atoms with Crippen LogP contribution in [0.5, 0.6) is 5.88 Å². The van der Waals surface area contributed by atoms with Gasteiger partial charge in [0.1, 0.15) is 6.10 Å². The third-order valence-corrected chi connectivity index (χ3v) is 2.83. The van der Waals surface area contributed by atoms with Crippen molar-refractivity contribution in [2.75, 3.05) is 0 Å². The van der Waals surface area contributed by atoms with Gasteiger partial charge in [-0.25, -0.2) is 9.98 Å². The Morgan fingerprint density at radius 2 is 2.18 bits per heavy atom. The first-order chi connectivity index (χ1) is 8.24. The Labute approximate surface area is 101 Å². The van der Waals surface area contributed by atoms with Gasteiger partial charge in [0.2, 0.25) is 5.88 Å². The molecule has 0 atom stereocenters. The SMILES string of the molecule is NC(N)=NCc1ccnc(OC2CCCC2)c1. The Bertz CT molecular complexity index is 395. The van der Waals surface area contributed by atoms with Crippen molar-refractivity contribution >= 4 is 5.96 Å².